The quantitative estimate of drug-likeness (QED) is 0.327. The second kappa shape index (κ2) is 13.5. The van der Waals surface area contributed by atoms with E-state index in [2.05, 4.69) is 10.1 Å². The average Bonchev–Trinajstić information content (AvgIpc) is 2.83. The highest BCUT2D eigenvalue weighted by molar-refractivity contribution is 6.00. The average molecular weight is 540 g/mol. The molecule has 0 fully saturated rings. The van der Waals surface area contributed by atoms with Crippen LogP contribution in [0.15, 0.2) is 46.8 Å². The lowest BCUT2D eigenvalue weighted by atomic mass is 9.80. The lowest BCUT2D eigenvalue weighted by Gasteiger charge is -2.31. The summed E-state index contributed by atoms with van der Waals surface area (Å²) in [5.74, 6) is -5.67. The summed E-state index contributed by atoms with van der Waals surface area (Å²) in [4.78, 5) is 49.9. The van der Waals surface area contributed by atoms with Gasteiger partial charge in [-0.2, -0.15) is 8.78 Å². The van der Waals surface area contributed by atoms with Gasteiger partial charge in [-0.1, -0.05) is 45.9 Å². The molecule has 0 bridgehead atoms. The second-order valence-electron chi connectivity index (χ2n) is 8.89. The Balaban J connectivity index is 2.48. The van der Waals surface area contributed by atoms with Crippen molar-refractivity contribution < 1.29 is 51.6 Å². The first-order chi connectivity index (χ1) is 17.8. The van der Waals surface area contributed by atoms with Gasteiger partial charge >= 0.3 is 30.5 Å². The maximum Gasteiger partial charge on any atom is 0.387 e. The summed E-state index contributed by atoms with van der Waals surface area (Å²) < 4.78 is 51.2. The molecule has 0 saturated carbocycles. The molecule has 1 aromatic carbocycles. The highest BCUT2D eigenvalue weighted by Crippen LogP contribution is 2.43. The van der Waals surface area contributed by atoms with Crippen molar-refractivity contribution >= 4 is 23.9 Å². The minimum absolute atomic E-state index is 0.0465. The van der Waals surface area contributed by atoms with Gasteiger partial charge in [-0.05, 0) is 19.9 Å². The number of nitrogens with one attached hydrogen (secondary N) is 1. The zero-order valence-corrected chi connectivity index (χ0v) is 22.0. The van der Waals surface area contributed by atoms with Crippen molar-refractivity contribution in [3.63, 3.8) is 0 Å². The molecule has 1 aliphatic rings. The van der Waals surface area contributed by atoms with Crippen LogP contribution >= 0.6 is 0 Å². The zero-order valence-electron chi connectivity index (χ0n) is 22.0. The number of ether oxygens (including phenoxy) is 5. The van der Waals surface area contributed by atoms with Crippen LogP contribution in [0.5, 0.6) is 5.75 Å². The Labute approximate surface area is 218 Å². The maximum absolute atomic E-state index is 13.2. The summed E-state index contributed by atoms with van der Waals surface area (Å²) in [6.07, 6.45) is 0. The number of benzene rings is 1. The fraction of sp³-hybridized carbons (Fsp3) is 0.462. The minimum Gasteiger partial charge on any atom is -0.435 e. The maximum atomic E-state index is 13.2. The van der Waals surface area contributed by atoms with Crippen molar-refractivity contribution in [2.24, 2.45) is 11.8 Å². The number of allylic oxidation sites excluding steroid dienone is 2. The fourth-order valence-corrected chi connectivity index (χ4v) is 3.54. The zero-order chi connectivity index (χ0) is 28.6. The molecule has 10 nitrogen and oxygen atoms in total. The van der Waals surface area contributed by atoms with E-state index in [1.165, 1.54) is 38.1 Å². The SMILES string of the molecule is CC1=C(C(=O)OCOC(=O)C(C)C)C(c2ccccc2OC(F)F)C(C(=O)OCOC(=O)C(C)C)=C(C)N1. The number of hydrogen-bond acceptors (Lipinski definition) is 10. The molecule has 1 heterocycles. The van der Waals surface area contributed by atoms with E-state index in [4.69, 9.17) is 18.9 Å². The molecule has 0 atom stereocenters. The summed E-state index contributed by atoms with van der Waals surface area (Å²) in [6, 6.07) is 5.63. The molecule has 1 aliphatic heterocycles. The minimum atomic E-state index is -3.19. The molecule has 38 heavy (non-hydrogen) atoms. The molecule has 0 spiro atoms. The molecule has 12 heteroatoms. The summed E-state index contributed by atoms with van der Waals surface area (Å²) in [6.45, 7) is 4.84. The molecule has 0 radical (unpaired) electrons. The Morgan fingerprint density at radius 1 is 0.789 bits per heavy atom. The molecule has 208 valence electrons. The van der Waals surface area contributed by atoms with Crippen molar-refractivity contribution in [2.75, 3.05) is 13.6 Å². The van der Waals surface area contributed by atoms with Gasteiger partial charge in [-0.15, -0.1) is 0 Å². The van der Waals surface area contributed by atoms with Crippen LogP contribution < -0.4 is 10.1 Å². The van der Waals surface area contributed by atoms with E-state index in [0.717, 1.165) is 0 Å². The third-order valence-corrected chi connectivity index (χ3v) is 5.37. The summed E-state index contributed by atoms with van der Waals surface area (Å²) in [5.41, 5.74) is 0.287. The van der Waals surface area contributed by atoms with Gasteiger partial charge in [0.1, 0.15) is 5.75 Å². The number of para-hydroxylation sites is 1. The van der Waals surface area contributed by atoms with Crippen LogP contribution in [0.4, 0.5) is 8.78 Å². The van der Waals surface area contributed by atoms with Gasteiger partial charge < -0.3 is 29.0 Å². The predicted octanol–water partition coefficient (Wildman–Crippen LogP) is 3.92. The lowest BCUT2D eigenvalue weighted by Crippen LogP contribution is -2.33. The molecule has 2 rings (SSSR count). The third-order valence-electron chi connectivity index (χ3n) is 5.37. The standard InChI is InChI=1S/C26H31F2NO9/c1-13(2)22(30)34-11-36-24(32)19-15(5)29-16(6)20(25(33)37-12-35-23(31)14(3)4)21(19)17-9-7-8-10-18(17)38-26(27)28/h7-10,13-14,21,26,29H,11-12H2,1-6H3. The van der Waals surface area contributed by atoms with Crippen molar-refractivity contribution in [1.82, 2.24) is 5.32 Å². The number of esters is 4. The molecule has 1 aromatic rings. The van der Waals surface area contributed by atoms with Gasteiger partial charge in [0, 0.05) is 17.0 Å². The van der Waals surface area contributed by atoms with E-state index < -0.39 is 61.8 Å². The van der Waals surface area contributed by atoms with Crippen molar-refractivity contribution in [2.45, 2.75) is 54.1 Å². The van der Waals surface area contributed by atoms with Crippen LogP contribution in [0.1, 0.15) is 53.0 Å². The van der Waals surface area contributed by atoms with Gasteiger partial charge in [-0.3, -0.25) is 9.59 Å². The van der Waals surface area contributed by atoms with Crippen molar-refractivity contribution in [3.05, 3.63) is 52.4 Å². The Bertz CT molecular complexity index is 1070. The lowest BCUT2D eigenvalue weighted by molar-refractivity contribution is -0.168. The monoisotopic (exact) mass is 539 g/mol. The van der Waals surface area contributed by atoms with Crippen LogP contribution in [0.2, 0.25) is 0 Å². The van der Waals surface area contributed by atoms with Crippen molar-refractivity contribution in [1.29, 1.82) is 0 Å². The van der Waals surface area contributed by atoms with Gasteiger partial charge in [0.2, 0.25) is 13.6 Å². The van der Waals surface area contributed by atoms with Crippen LogP contribution in [0.3, 0.4) is 0 Å². The summed E-state index contributed by atoms with van der Waals surface area (Å²) in [7, 11) is 0. The van der Waals surface area contributed by atoms with E-state index in [0.29, 0.717) is 0 Å². The molecular weight excluding hydrogens is 508 g/mol. The number of carbonyl (C=O) groups is 4. The highest BCUT2D eigenvalue weighted by atomic mass is 19.3. The van der Waals surface area contributed by atoms with Gasteiger partial charge in [0.15, 0.2) is 0 Å². The highest BCUT2D eigenvalue weighted by Gasteiger charge is 2.40. The number of halogens is 2. The molecule has 0 aliphatic carbocycles. The number of hydrogen-bond donors (Lipinski definition) is 1. The van der Waals surface area contributed by atoms with Crippen LogP contribution in [0, 0.1) is 11.8 Å². The fourth-order valence-electron chi connectivity index (χ4n) is 3.54. The smallest absolute Gasteiger partial charge is 0.387 e. The number of alkyl halides is 2. The first-order valence-electron chi connectivity index (χ1n) is 11.7. The van der Waals surface area contributed by atoms with Gasteiger partial charge in [0.05, 0.1) is 28.9 Å². The van der Waals surface area contributed by atoms with E-state index in [1.54, 1.807) is 27.7 Å². The topological polar surface area (TPSA) is 126 Å². The van der Waals surface area contributed by atoms with Crippen LogP contribution in [-0.4, -0.2) is 44.1 Å². The summed E-state index contributed by atoms with van der Waals surface area (Å²) in [5, 5.41) is 2.89. The summed E-state index contributed by atoms with van der Waals surface area (Å²) >= 11 is 0. The molecular formula is C26H31F2NO9. The van der Waals surface area contributed by atoms with Gasteiger partial charge in [-0.25, -0.2) is 9.59 Å². The number of rotatable bonds is 11. The second-order valence-corrected chi connectivity index (χ2v) is 8.89. The van der Waals surface area contributed by atoms with Crippen LogP contribution in [-0.2, 0) is 38.1 Å². The Morgan fingerprint density at radius 2 is 1.24 bits per heavy atom. The first-order valence-corrected chi connectivity index (χ1v) is 11.7. The predicted molar refractivity (Wildman–Crippen MR) is 128 cm³/mol. The normalized spacial score (nSPS) is 14.0. The Morgan fingerprint density at radius 3 is 1.66 bits per heavy atom. The Hall–Kier alpha value is -3.96. The van der Waals surface area contributed by atoms with Crippen molar-refractivity contribution in [3.8, 4) is 5.75 Å². The largest absolute Gasteiger partial charge is 0.435 e. The third kappa shape index (κ3) is 7.77. The molecule has 1 N–H and O–H groups in total. The number of carbonyl (C=O) groups excluding carboxylic acids is 4. The molecule has 0 aromatic heterocycles. The van der Waals surface area contributed by atoms with E-state index in [1.807, 2.05) is 0 Å². The number of dihydropyridines is 1. The molecule has 0 unspecified atom stereocenters. The Kier molecular flexibility index (Phi) is 10.8. The van der Waals surface area contributed by atoms with E-state index in [-0.39, 0.29) is 33.9 Å². The van der Waals surface area contributed by atoms with E-state index >= 15 is 0 Å². The molecule has 0 saturated heterocycles. The molecule has 0 amide bonds. The van der Waals surface area contributed by atoms with E-state index in [9.17, 15) is 28.0 Å². The van der Waals surface area contributed by atoms with Gasteiger partial charge in [0.25, 0.3) is 0 Å². The van der Waals surface area contributed by atoms with Crippen LogP contribution in [0.25, 0.3) is 0 Å². The first kappa shape index (κ1) is 30.3.